The fourth-order valence-corrected chi connectivity index (χ4v) is 6.02. The second-order valence-electron chi connectivity index (χ2n) is 7.37. The summed E-state index contributed by atoms with van der Waals surface area (Å²) in [6.45, 7) is 3.23. The van der Waals surface area contributed by atoms with Crippen molar-refractivity contribution >= 4 is 10.0 Å². The van der Waals surface area contributed by atoms with E-state index in [2.05, 4.69) is 24.3 Å². The Morgan fingerprint density at radius 2 is 1.75 bits per heavy atom. The molecule has 0 spiro atoms. The smallest absolute Gasteiger partial charge is 0.207 e. The van der Waals surface area contributed by atoms with Gasteiger partial charge in [0.2, 0.25) is 10.0 Å². The molecule has 1 saturated heterocycles. The van der Waals surface area contributed by atoms with Crippen molar-refractivity contribution in [2.45, 2.75) is 36.5 Å². The van der Waals surface area contributed by atoms with Crippen LogP contribution in [0, 0.1) is 12.8 Å². The summed E-state index contributed by atoms with van der Waals surface area (Å²) in [7, 11) is -3.42. The summed E-state index contributed by atoms with van der Waals surface area (Å²) >= 11 is 0. The van der Waals surface area contributed by atoms with Gasteiger partial charge in [-0.1, -0.05) is 48.0 Å². The predicted octanol–water partition coefficient (Wildman–Crippen LogP) is 3.74. The van der Waals surface area contributed by atoms with Gasteiger partial charge >= 0.3 is 0 Å². The molecule has 3 nitrogen and oxygen atoms in total. The highest BCUT2D eigenvalue weighted by molar-refractivity contribution is 7.89. The number of aryl methyl sites for hydroxylation is 1. The molecule has 0 aromatic heterocycles. The Labute approximate surface area is 144 Å². The average molecular weight is 341 g/mol. The SMILES string of the molecule is Cc1ccc(S(=O)(=O)N2CC3CCC(c4ccccc4)(C3)C2)cc1. The van der Waals surface area contributed by atoms with E-state index in [4.69, 9.17) is 0 Å². The van der Waals surface area contributed by atoms with E-state index < -0.39 is 10.0 Å². The van der Waals surface area contributed by atoms with Crippen LogP contribution in [0.4, 0.5) is 0 Å². The highest BCUT2D eigenvalue weighted by atomic mass is 32.2. The van der Waals surface area contributed by atoms with Gasteiger partial charge in [-0.15, -0.1) is 0 Å². The summed E-state index contributed by atoms with van der Waals surface area (Å²) in [5.41, 5.74) is 2.35. The molecule has 4 rings (SSSR count). The van der Waals surface area contributed by atoms with Gasteiger partial charge in [-0.05, 0) is 49.8 Å². The van der Waals surface area contributed by atoms with Crippen molar-refractivity contribution in [3.8, 4) is 0 Å². The molecular weight excluding hydrogens is 318 g/mol. The Balaban J connectivity index is 1.69. The maximum atomic E-state index is 13.1. The highest BCUT2D eigenvalue weighted by Crippen LogP contribution is 2.49. The Morgan fingerprint density at radius 1 is 1.04 bits per heavy atom. The summed E-state index contributed by atoms with van der Waals surface area (Å²) in [6, 6.07) is 17.7. The van der Waals surface area contributed by atoms with Crippen LogP contribution < -0.4 is 0 Å². The van der Waals surface area contributed by atoms with Crippen molar-refractivity contribution in [1.29, 1.82) is 0 Å². The summed E-state index contributed by atoms with van der Waals surface area (Å²) in [4.78, 5) is 0.414. The largest absolute Gasteiger partial charge is 0.243 e. The number of benzene rings is 2. The molecule has 2 bridgehead atoms. The average Bonchev–Trinajstić information content (AvgIpc) is 2.91. The first-order valence-electron chi connectivity index (χ1n) is 8.62. The zero-order valence-corrected chi connectivity index (χ0v) is 14.8. The number of sulfonamides is 1. The molecule has 0 amide bonds. The molecule has 0 radical (unpaired) electrons. The zero-order chi connectivity index (χ0) is 16.8. The first kappa shape index (κ1) is 15.9. The Morgan fingerprint density at radius 3 is 2.46 bits per heavy atom. The maximum Gasteiger partial charge on any atom is 0.243 e. The molecule has 1 aliphatic heterocycles. The molecular formula is C20H23NO2S. The quantitative estimate of drug-likeness (QED) is 0.853. The van der Waals surface area contributed by atoms with Crippen LogP contribution in [0.1, 0.15) is 30.4 Å². The van der Waals surface area contributed by atoms with Gasteiger partial charge in [0, 0.05) is 18.5 Å². The Kier molecular flexibility index (Phi) is 3.77. The predicted molar refractivity (Wildman–Crippen MR) is 95.4 cm³/mol. The monoisotopic (exact) mass is 341 g/mol. The molecule has 4 heteroatoms. The van der Waals surface area contributed by atoms with E-state index in [1.807, 2.05) is 25.1 Å². The molecule has 2 aromatic carbocycles. The normalized spacial score (nSPS) is 27.3. The van der Waals surface area contributed by atoms with Crippen LogP contribution in [0.25, 0.3) is 0 Å². The Hall–Kier alpha value is -1.65. The molecule has 24 heavy (non-hydrogen) atoms. The molecule has 2 aromatic rings. The molecule has 1 aliphatic carbocycles. The van der Waals surface area contributed by atoms with E-state index in [9.17, 15) is 8.42 Å². The minimum atomic E-state index is -3.42. The molecule has 1 heterocycles. The van der Waals surface area contributed by atoms with E-state index in [-0.39, 0.29) is 5.41 Å². The highest BCUT2D eigenvalue weighted by Gasteiger charge is 2.48. The van der Waals surface area contributed by atoms with Crippen molar-refractivity contribution < 1.29 is 8.42 Å². The second kappa shape index (κ2) is 5.71. The minimum Gasteiger partial charge on any atom is -0.207 e. The number of piperidine rings is 1. The van der Waals surface area contributed by atoms with Crippen LogP contribution in [0.3, 0.4) is 0 Å². The summed E-state index contributed by atoms with van der Waals surface area (Å²) in [6.07, 6.45) is 3.31. The van der Waals surface area contributed by atoms with Gasteiger partial charge in [0.1, 0.15) is 0 Å². The molecule has 1 saturated carbocycles. The van der Waals surface area contributed by atoms with Crippen molar-refractivity contribution in [3.05, 3.63) is 65.7 Å². The topological polar surface area (TPSA) is 37.4 Å². The summed E-state index contributed by atoms with van der Waals surface area (Å²) in [5, 5.41) is 0. The zero-order valence-electron chi connectivity index (χ0n) is 14.0. The third-order valence-corrected chi connectivity index (χ3v) is 7.52. The van der Waals surface area contributed by atoms with E-state index in [1.54, 1.807) is 16.4 Å². The Bertz CT molecular complexity index is 830. The van der Waals surface area contributed by atoms with E-state index in [1.165, 1.54) is 5.56 Å². The minimum absolute atomic E-state index is 0.0120. The number of hydrogen-bond acceptors (Lipinski definition) is 2. The van der Waals surface area contributed by atoms with Crippen LogP contribution in [-0.4, -0.2) is 25.8 Å². The van der Waals surface area contributed by atoms with Crippen molar-refractivity contribution in [2.75, 3.05) is 13.1 Å². The molecule has 2 unspecified atom stereocenters. The van der Waals surface area contributed by atoms with Gasteiger partial charge < -0.3 is 0 Å². The van der Waals surface area contributed by atoms with Crippen LogP contribution in [0.2, 0.25) is 0 Å². The van der Waals surface area contributed by atoms with Crippen LogP contribution in [0.5, 0.6) is 0 Å². The van der Waals surface area contributed by atoms with E-state index in [0.29, 0.717) is 23.9 Å². The van der Waals surface area contributed by atoms with Gasteiger partial charge in [0.05, 0.1) is 4.90 Å². The molecule has 0 N–H and O–H groups in total. The third-order valence-electron chi connectivity index (χ3n) is 5.70. The maximum absolute atomic E-state index is 13.1. The number of hydrogen-bond donors (Lipinski definition) is 0. The van der Waals surface area contributed by atoms with Gasteiger partial charge in [-0.3, -0.25) is 0 Å². The molecule has 2 atom stereocenters. The first-order chi connectivity index (χ1) is 11.5. The van der Waals surface area contributed by atoms with Crippen molar-refractivity contribution in [1.82, 2.24) is 4.31 Å². The first-order valence-corrected chi connectivity index (χ1v) is 10.1. The standard InChI is InChI=1S/C20H23NO2S/c1-16-7-9-19(10-8-16)24(22,23)21-14-17-11-12-20(13-17,15-21)18-5-3-2-4-6-18/h2-10,17H,11-15H2,1H3. The number of nitrogens with zero attached hydrogens (tertiary/aromatic N) is 1. The third kappa shape index (κ3) is 2.58. The number of rotatable bonds is 3. The lowest BCUT2D eigenvalue weighted by Crippen LogP contribution is -2.47. The lowest BCUT2D eigenvalue weighted by atomic mass is 9.76. The van der Waals surface area contributed by atoms with E-state index >= 15 is 0 Å². The fraction of sp³-hybridized carbons (Fsp3) is 0.400. The molecule has 2 fully saturated rings. The van der Waals surface area contributed by atoms with Crippen LogP contribution in [-0.2, 0) is 15.4 Å². The van der Waals surface area contributed by atoms with Crippen LogP contribution >= 0.6 is 0 Å². The van der Waals surface area contributed by atoms with E-state index in [0.717, 1.165) is 24.8 Å². The van der Waals surface area contributed by atoms with Gasteiger partial charge in [-0.2, -0.15) is 4.31 Å². The van der Waals surface area contributed by atoms with Gasteiger partial charge in [0.25, 0.3) is 0 Å². The van der Waals surface area contributed by atoms with Gasteiger partial charge in [-0.25, -0.2) is 8.42 Å². The van der Waals surface area contributed by atoms with Crippen molar-refractivity contribution in [2.24, 2.45) is 5.92 Å². The lowest BCUT2D eigenvalue weighted by molar-refractivity contribution is 0.227. The second-order valence-corrected chi connectivity index (χ2v) is 9.30. The fourth-order valence-electron chi connectivity index (χ4n) is 4.41. The lowest BCUT2D eigenvalue weighted by Gasteiger charge is -2.40. The molecule has 2 aliphatic rings. The summed E-state index contributed by atoms with van der Waals surface area (Å²) in [5.74, 6) is 0.471. The summed E-state index contributed by atoms with van der Waals surface area (Å²) < 4.78 is 28.0. The number of fused-ring (bicyclic) bond motifs is 2. The van der Waals surface area contributed by atoms with Gasteiger partial charge in [0.15, 0.2) is 0 Å². The molecule has 126 valence electrons. The van der Waals surface area contributed by atoms with Crippen molar-refractivity contribution in [3.63, 3.8) is 0 Å². The van der Waals surface area contributed by atoms with Crippen LogP contribution in [0.15, 0.2) is 59.5 Å².